The molecule has 2 aliphatic heterocycles. The monoisotopic (exact) mass is 333 g/mol. The van der Waals surface area contributed by atoms with E-state index in [4.69, 9.17) is 11.6 Å². The zero-order valence-electron chi connectivity index (χ0n) is 13.2. The van der Waals surface area contributed by atoms with Gasteiger partial charge in [-0.05, 0) is 19.3 Å². The van der Waals surface area contributed by atoms with E-state index in [1.807, 2.05) is 6.92 Å². The third-order valence-electron chi connectivity index (χ3n) is 5.26. The van der Waals surface area contributed by atoms with Crippen LogP contribution in [0.1, 0.15) is 32.6 Å². The Morgan fingerprint density at radius 3 is 3.09 bits per heavy atom. The smallest absolute Gasteiger partial charge is 0.222 e. The summed E-state index contributed by atoms with van der Waals surface area (Å²) in [5.41, 5.74) is 1.70. The van der Waals surface area contributed by atoms with Crippen molar-refractivity contribution in [2.45, 2.75) is 38.1 Å². The molecule has 23 heavy (non-hydrogen) atoms. The number of rotatable bonds is 2. The van der Waals surface area contributed by atoms with E-state index in [1.165, 1.54) is 0 Å². The molecule has 122 valence electrons. The summed E-state index contributed by atoms with van der Waals surface area (Å²) in [6.07, 6.45) is 7.18. The highest BCUT2D eigenvalue weighted by molar-refractivity contribution is 6.34. The minimum absolute atomic E-state index is 0.0320. The Hall–Kier alpha value is -1.82. The van der Waals surface area contributed by atoms with Gasteiger partial charge in [0.2, 0.25) is 5.91 Å². The Balaban J connectivity index is 1.69. The maximum Gasteiger partial charge on any atom is 0.222 e. The summed E-state index contributed by atoms with van der Waals surface area (Å²) in [6.45, 7) is 4.56. The highest BCUT2D eigenvalue weighted by Crippen LogP contribution is 2.42. The first-order valence-corrected chi connectivity index (χ1v) is 8.55. The van der Waals surface area contributed by atoms with E-state index in [2.05, 4.69) is 25.0 Å². The first-order valence-electron chi connectivity index (χ1n) is 8.17. The van der Waals surface area contributed by atoms with Crippen LogP contribution in [0, 0.1) is 0 Å². The van der Waals surface area contributed by atoms with Crippen LogP contribution in [0.25, 0.3) is 11.0 Å². The Labute approximate surface area is 139 Å². The Morgan fingerprint density at radius 1 is 1.39 bits per heavy atom. The van der Waals surface area contributed by atoms with Crippen LogP contribution in [0.15, 0.2) is 12.4 Å². The van der Waals surface area contributed by atoms with E-state index in [0.29, 0.717) is 11.4 Å². The van der Waals surface area contributed by atoms with Gasteiger partial charge in [0.25, 0.3) is 0 Å². The molecule has 2 aliphatic rings. The Bertz CT molecular complexity index is 760. The SMILES string of the molecule is CCC(=O)N1CCCC12CCN(c1c(Cl)cnc3[nH]ncc13)C2. The molecule has 6 nitrogen and oxygen atoms in total. The lowest BCUT2D eigenvalue weighted by atomic mass is 9.95. The predicted molar refractivity (Wildman–Crippen MR) is 89.7 cm³/mol. The fraction of sp³-hybridized carbons (Fsp3) is 0.562. The second-order valence-corrected chi connectivity index (χ2v) is 6.89. The number of carbonyl (C=O) groups is 1. The normalized spacial score (nSPS) is 24.3. The molecule has 4 rings (SSSR count). The van der Waals surface area contributed by atoms with Gasteiger partial charge in [-0.25, -0.2) is 4.98 Å². The van der Waals surface area contributed by atoms with Crippen molar-refractivity contribution in [2.24, 2.45) is 0 Å². The molecule has 2 saturated heterocycles. The van der Waals surface area contributed by atoms with Gasteiger partial charge in [-0.1, -0.05) is 18.5 Å². The highest BCUT2D eigenvalue weighted by Gasteiger charge is 2.48. The van der Waals surface area contributed by atoms with E-state index >= 15 is 0 Å². The van der Waals surface area contributed by atoms with Gasteiger partial charge in [0.15, 0.2) is 5.65 Å². The topological polar surface area (TPSA) is 65.1 Å². The number of H-pyrrole nitrogens is 1. The van der Waals surface area contributed by atoms with Gasteiger partial charge >= 0.3 is 0 Å². The van der Waals surface area contributed by atoms with Crippen LogP contribution in [-0.2, 0) is 4.79 Å². The molecule has 0 aromatic carbocycles. The summed E-state index contributed by atoms with van der Waals surface area (Å²) in [6, 6.07) is 0. The fourth-order valence-electron chi connectivity index (χ4n) is 4.17. The maximum atomic E-state index is 12.3. The average molecular weight is 334 g/mol. The number of nitrogens with zero attached hydrogens (tertiary/aromatic N) is 4. The average Bonchev–Trinajstić information content (AvgIpc) is 3.27. The van der Waals surface area contributed by atoms with Gasteiger partial charge < -0.3 is 9.80 Å². The zero-order chi connectivity index (χ0) is 16.0. The van der Waals surface area contributed by atoms with E-state index in [0.717, 1.165) is 55.6 Å². The summed E-state index contributed by atoms with van der Waals surface area (Å²) in [4.78, 5) is 21.0. The van der Waals surface area contributed by atoms with Gasteiger partial charge in [0, 0.05) is 26.1 Å². The predicted octanol–water partition coefficient (Wildman–Crippen LogP) is 2.59. The molecule has 0 aliphatic carbocycles. The minimum atomic E-state index is -0.0320. The van der Waals surface area contributed by atoms with Gasteiger partial charge in [-0.2, -0.15) is 5.10 Å². The van der Waals surface area contributed by atoms with Crippen LogP contribution in [0.4, 0.5) is 5.69 Å². The Morgan fingerprint density at radius 2 is 2.26 bits per heavy atom. The molecule has 0 saturated carbocycles. The summed E-state index contributed by atoms with van der Waals surface area (Å²) < 4.78 is 0. The summed E-state index contributed by atoms with van der Waals surface area (Å²) in [5.74, 6) is 0.263. The molecule has 2 fully saturated rings. The first kappa shape index (κ1) is 14.8. The number of carbonyl (C=O) groups excluding carboxylic acids is 1. The number of pyridine rings is 1. The molecular weight excluding hydrogens is 314 g/mol. The quantitative estimate of drug-likeness (QED) is 0.917. The van der Waals surface area contributed by atoms with Crippen molar-refractivity contribution in [2.75, 3.05) is 24.5 Å². The first-order chi connectivity index (χ1) is 11.1. The van der Waals surface area contributed by atoms with Gasteiger partial charge in [-0.3, -0.25) is 9.89 Å². The maximum absolute atomic E-state index is 12.3. The van der Waals surface area contributed by atoms with Gasteiger partial charge in [-0.15, -0.1) is 0 Å². The molecule has 1 spiro atoms. The lowest BCUT2D eigenvalue weighted by molar-refractivity contribution is -0.134. The molecule has 0 radical (unpaired) electrons. The standard InChI is InChI=1S/C16H20ClN5O/c1-2-13(23)22-6-3-4-16(22)5-7-21(10-16)14-11-8-19-20-15(11)18-9-12(14)17/h8-9H,2-7,10H2,1H3,(H,18,19,20). The molecule has 1 atom stereocenters. The number of aromatic nitrogens is 3. The summed E-state index contributed by atoms with van der Waals surface area (Å²) in [5, 5.41) is 8.57. The number of amides is 1. The Kier molecular flexibility index (Phi) is 3.44. The van der Waals surface area contributed by atoms with Crippen molar-refractivity contribution in [1.82, 2.24) is 20.1 Å². The lowest BCUT2D eigenvalue weighted by Crippen LogP contribution is -2.49. The largest absolute Gasteiger partial charge is 0.367 e. The third kappa shape index (κ3) is 2.19. The number of nitrogens with one attached hydrogen (secondary N) is 1. The van der Waals surface area contributed by atoms with Crippen molar-refractivity contribution < 1.29 is 4.79 Å². The number of fused-ring (bicyclic) bond motifs is 1. The van der Waals surface area contributed by atoms with E-state index in [9.17, 15) is 4.79 Å². The molecule has 4 heterocycles. The van der Waals surface area contributed by atoms with E-state index in [1.54, 1.807) is 12.4 Å². The third-order valence-corrected chi connectivity index (χ3v) is 5.53. The van der Waals surface area contributed by atoms with E-state index < -0.39 is 0 Å². The number of likely N-dealkylation sites (tertiary alicyclic amines) is 1. The molecule has 2 aromatic heterocycles. The van der Waals surface area contributed by atoms with Crippen LogP contribution in [-0.4, -0.2) is 51.2 Å². The van der Waals surface area contributed by atoms with Gasteiger partial charge in [0.1, 0.15) is 0 Å². The second-order valence-electron chi connectivity index (χ2n) is 6.49. The summed E-state index contributed by atoms with van der Waals surface area (Å²) in [7, 11) is 0. The number of hydrogen-bond donors (Lipinski definition) is 1. The second kappa shape index (κ2) is 5.37. The minimum Gasteiger partial charge on any atom is -0.367 e. The fourth-order valence-corrected chi connectivity index (χ4v) is 4.44. The molecule has 7 heteroatoms. The number of halogens is 1. The molecule has 1 amide bonds. The van der Waals surface area contributed by atoms with Crippen LogP contribution in [0.3, 0.4) is 0 Å². The number of aromatic amines is 1. The van der Waals surface area contributed by atoms with Crippen molar-refractivity contribution in [3.8, 4) is 0 Å². The zero-order valence-corrected chi connectivity index (χ0v) is 13.9. The highest BCUT2D eigenvalue weighted by atomic mass is 35.5. The van der Waals surface area contributed by atoms with Crippen molar-refractivity contribution in [3.05, 3.63) is 17.4 Å². The lowest BCUT2D eigenvalue weighted by Gasteiger charge is -2.35. The van der Waals surface area contributed by atoms with Crippen LogP contribution >= 0.6 is 11.6 Å². The number of hydrogen-bond acceptors (Lipinski definition) is 4. The van der Waals surface area contributed by atoms with Crippen LogP contribution in [0.5, 0.6) is 0 Å². The summed E-state index contributed by atoms with van der Waals surface area (Å²) >= 11 is 6.44. The van der Waals surface area contributed by atoms with Crippen molar-refractivity contribution >= 4 is 34.2 Å². The molecular formula is C16H20ClN5O. The van der Waals surface area contributed by atoms with Crippen molar-refractivity contribution in [3.63, 3.8) is 0 Å². The molecule has 1 unspecified atom stereocenters. The van der Waals surface area contributed by atoms with E-state index in [-0.39, 0.29) is 11.4 Å². The molecule has 2 aromatic rings. The number of anilines is 1. The molecule has 0 bridgehead atoms. The van der Waals surface area contributed by atoms with Gasteiger partial charge in [0.05, 0.1) is 34.0 Å². The molecule has 1 N–H and O–H groups in total. The van der Waals surface area contributed by atoms with Crippen LogP contribution < -0.4 is 4.90 Å². The van der Waals surface area contributed by atoms with Crippen molar-refractivity contribution in [1.29, 1.82) is 0 Å². The van der Waals surface area contributed by atoms with Crippen LogP contribution in [0.2, 0.25) is 5.02 Å².